The standard InChI is InChI=1S/C23H26N6O3/c1-3-16-12-18(28-23(27-16)29-10-9-25-13-29)21(24)17(4-2)22(30)26-8-7-15-5-6-19-20(11-15)32-14-31-19/h5-6,9-13,17,24H,3-4,7-8,14H2,1-2H3,(H,26,30). The molecule has 4 rings (SSSR count). The zero-order chi connectivity index (χ0) is 22.5. The molecule has 0 aliphatic carbocycles. The molecule has 9 heteroatoms. The van der Waals surface area contributed by atoms with Crippen molar-refractivity contribution in [3.8, 4) is 17.4 Å². The van der Waals surface area contributed by atoms with Gasteiger partial charge in [-0.15, -0.1) is 0 Å². The van der Waals surface area contributed by atoms with Crippen LogP contribution >= 0.6 is 0 Å². The molecule has 1 atom stereocenters. The number of nitrogens with one attached hydrogen (secondary N) is 2. The molecule has 0 bridgehead atoms. The summed E-state index contributed by atoms with van der Waals surface area (Å²) in [6, 6.07) is 7.55. The van der Waals surface area contributed by atoms with E-state index in [9.17, 15) is 4.79 Å². The second-order valence-electron chi connectivity index (χ2n) is 7.47. The van der Waals surface area contributed by atoms with E-state index in [0.29, 0.717) is 37.4 Å². The molecule has 3 aromatic rings. The Morgan fingerprint density at radius 2 is 2.06 bits per heavy atom. The molecule has 166 valence electrons. The lowest BCUT2D eigenvalue weighted by Gasteiger charge is -2.17. The summed E-state index contributed by atoms with van der Waals surface area (Å²) in [5.74, 6) is 1.13. The smallest absolute Gasteiger partial charge is 0.235 e. The van der Waals surface area contributed by atoms with Crippen molar-refractivity contribution in [2.45, 2.75) is 33.1 Å². The van der Waals surface area contributed by atoms with Crippen LogP contribution in [0.3, 0.4) is 0 Å². The van der Waals surface area contributed by atoms with Crippen molar-refractivity contribution in [1.29, 1.82) is 5.41 Å². The fraction of sp³-hybridized carbons (Fsp3) is 0.348. The van der Waals surface area contributed by atoms with Gasteiger partial charge in [0.15, 0.2) is 11.5 Å². The third-order valence-electron chi connectivity index (χ3n) is 5.36. The first-order valence-corrected chi connectivity index (χ1v) is 10.7. The molecule has 1 aliphatic heterocycles. The second kappa shape index (κ2) is 9.59. The number of aryl methyl sites for hydroxylation is 1. The zero-order valence-corrected chi connectivity index (χ0v) is 18.2. The van der Waals surface area contributed by atoms with Crippen LogP contribution in [-0.4, -0.2) is 44.5 Å². The molecule has 9 nitrogen and oxygen atoms in total. The van der Waals surface area contributed by atoms with Crippen LogP contribution in [0.1, 0.15) is 37.2 Å². The van der Waals surface area contributed by atoms with Crippen molar-refractivity contribution in [3.63, 3.8) is 0 Å². The van der Waals surface area contributed by atoms with Gasteiger partial charge in [0.2, 0.25) is 18.6 Å². The van der Waals surface area contributed by atoms with E-state index in [-0.39, 0.29) is 18.4 Å². The van der Waals surface area contributed by atoms with Crippen molar-refractivity contribution in [1.82, 2.24) is 24.8 Å². The van der Waals surface area contributed by atoms with Crippen molar-refractivity contribution < 1.29 is 14.3 Å². The van der Waals surface area contributed by atoms with E-state index in [2.05, 4.69) is 20.3 Å². The number of rotatable bonds is 9. The zero-order valence-electron chi connectivity index (χ0n) is 18.2. The Bertz CT molecular complexity index is 1110. The van der Waals surface area contributed by atoms with Gasteiger partial charge in [-0.25, -0.2) is 15.0 Å². The SMILES string of the molecule is CCc1cc(C(=N)C(CC)C(=O)NCCc2ccc3c(c2)OCO3)nc(-n2ccnc2)n1. The van der Waals surface area contributed by atoms with Gasteiger partial charge in [-0.05, 0) is 43.0 Å². The topological polar surface area (TPSA) is 115 Å². The summed E-state index contributed by atoms with van der Waals surface area (Å²) in [5, 5.41) is 11.6. The Labute approximate surface area is 186 Å². The third-order valence-corrected chi connectivity index (χ3v) is 5.36. The summed E-state index contributed by atoms with van der Waals surface area (Å²) in [7, 11) is 0. The molecule has 1 aliphatic rings. The van der Waals surface area contributed by atoms with Gasteiger partial charge in [0, 0.05) is 24.6 Å². The van der Waals surface area contributed by atoms with E-state index in [1.165, 1.54) is 0 Å². The van der Waals surface area contributed by atoms with Crippen molar-refractivity contribution >= 4 is 11.6 Å². The van der Waals surface area contributed by atoms with E-state index < -0.39 is 5.92 Å². The van der Waals surface area contributed by atoms with E-state index in [0.717, 1.165) is 22.8 Å². The van der Waals surface area contributed by atoms with E-state index in [1.807, 2.05) is 32.0 Å². The number of ether oxygens (including phenoxy) is 2. The van der Waals surface area contributed by atoms with Crippen LogP contribution in [0.2, 0.25) is 0 Å². The molecule has 32 heavy (non-hydrogen) atoms. The van der Waals surface area contributed by atoms with Crippen LogP contribution in [0.4, 0.5) is 0 Å². The lowest BCUT2D eigenvalue weighted by molar-refractivity contribution is -0.123. The molecule has 2 N–H and O–H groups in total. The summed E-state index contributed by atoms with van der Waals surface area (Å²) >= 11 is 0. The summed E-state index contributed by atoms with van der Waals surface area (Å²) in [5.41, 5.74) is 2.50. The lowest BCUT2D eigenvalue weighted by Crippen LogP contribution is -2.36. The summed E-state index contributed by atoms with van der Waals surface area (Å²) in [4.78, 5) is 25.9. The molecular weight excluding hydrogens is 408 g/mol. The Morgan fingerprint density at radius 3 is 2.81 bits per heavy atom. The fourth-order valence-corrected chi connectivity index (χ4v) is 3.54. The molecule has 0 spiro atoms. The number of aromatic nitrogens is 4. The first-order chi connectivity index (χ1) is 15.6. The summed E-state index contributed by atoms with van der Waals surface area (Å²) in [6.07, 6.45) is 6.87. The normalized spacial score (nSPS) is 13.1. The lowest BCUT2D eigenvalue weighted by atomic mass is 9.96. The number of nitrogens with zero attached hydrogens (tertiary/aromatic N) is 4. The highest BCUT2D eigenvalue weighted by Crippen LogP contribution is 2.32. The number of carbonyl (C=O) groups excluding carboxylic acids is 1. The number of hydrogen-bond acceptors (Lipinski definition) is 7. The molecule has 1 unspecified atom stereocenters. The number of benzene rings is 1. The summed E-state index contributed by atoms with van der Waals surface area (Å²) in [6.45, 7) is 4.59. The Morgan fingerprint density at radius 1 is 1.22 bits per heavy atom. The van der Waals surface area contributed by atoms with E-state index >= 15 is 0 Å². The quantitative estimate of drug-likeness (QED) is 0.501. The van der Waals surface area contributed by atoms with Gasteiger partial charge < -0.3 is 20.2 Å². The monoisotopic (exact) mass is 434 g/mol. The first kappa shape index (κ1) is 21.5. The molecule has 0 saturated carbocycles. The summed E-state index contributed by atoms with van der Waals surface area (Å²) < 4.78 is 12.4. The average molecular weight is 435 g/mol. The molecule has 0 radical (unpaired) electrons. The highest BCUT2D eigenvalue weighted by Gasteiger charge is 2.24. The van der Waals surface area contributed by atoms with Gasteiger partial charge in [0.05, 0.1) is 17.3 Å². The number of fused-ring (bicyclic) bond motifs is 1. The Hall–Kier alpha value is -3.75. The van der Waals surface area contributed by atoms with Gasteiger partial charge in [-0.2, -0.15) is 0 Å². The minimum absolute atomic E-state index is 0.181. The minimum Gasteiger partial charge on any atom is -0.454 e. The maximum Gasteiger partial charge on any atom is 0.235 e. The van der Waals surface area contributed by atoms with E-state index in [4.69, 9.17) is 14.9 Å². The van der Waals surface area contributed by atoms with Crippen molar-refractivity contribution in [2.75, 3.05) is 13.3 Å². The average Bonchev–Trinajstić information content (AvgIpc) is 3.51. The third kappa shape index (κ3) is 4.61. The molecule has 1 aromatic carbocycles. The molecule has 3 heterocycles. The maximum atomic E-state index is 12.9. The maximum absolute atomic E-state index is 12.9. The molecular formula is C23H26N6O3. The molecule has 0 fully saturated rings. The minimum atomic E-state index is -0.595. The van der Waals surface area contributed by atoms with Gasteiger partial charge in [-0.3, -0.25) is 9.36 Å². The second-order valence-corrected chi connectivity index (χ2v) is 7.47. The fourth-order valence-electron chi connectivity index (χ4n) is 3.54. The Kier molecular flexibility index (Phi) is 6.44. The number of imidazole rings is 1. The molecule has 2 aromatic heterocycles. The van der Waals surface area contributed by atoms with Crippen molar-refractivity contribution in [3.05, 3.63) is 59.9 Å². The Balaban J connectivity index is 1.43. The predicted molar refractivity (Wildman–Crippen MR) is 118 cm³/mol. The van der Waals surface area contributed by atoms with Crippen molar-refractivity contribution in [2.24, 2.45) is 5.92 Å². The van der Waals surface area contributed by atoms with Crippen LogP contribution < -0.4 is 14.8 Å². The number of hydrogen-bond donors (Lipinski definition) is 2. The van der Waals surface area contributed by atoms with Gasteiger partial charge in [0.1, 0.15) is 6.33 Å². The predicted octanol–water partition coefficient (Wildman–Crippen LogP) is 2.71. The van der Waals surface area contributed by atoms with Crippen LogP contribution in [0.15, 0.2) is 43.0 Å². The van der Waals surface area contributed by atoms with Crippen LogP contribution in [0.25, 0.3) is 5.95 Å². The van der Waals surface area contributed by atoms with Gasteiger partial charge in [-0.1, -0.05) is 19.9 Å². The van der Waals surface area contributed by atoms with Crippen LogP contribution in [0, 0.1) is 11.3 Å². The van der Waals surface area contributed by atoms with E-state index in [1.54, 1.807) is 29.4 Å². The van der Waals surface area contributed by atoms with Crippen LogP contribution in [-0.2, 0) is 17.6 Å². The first-order valence-electron chi connectivity index (χ1n) is 10.7. The van der Waals surface area contributed by atoms with Gasteiger partial charge >= 0.3 is 0 Å². The largest absolute Gasteiger partial charge is 0.454 e. The number of amides is 1. The molecule has 1 amide bonds. The highest BCUT2D eigenvalue weighted by atomic mass is 16.7. The highest BCUT2D eigenvalue weighted by molar-refractivity contribution is 6.10. The van der Waals surface area contributed by atoms with Gasteiger partial charge in [0.25, 0.3) is 0 Å². The molecule has 0 saturated heterocycles. The number of carbonyl (C=O) groups is 1. The van der Waals surface area contributed by atoms with Crippen LogP contribution in [0.5, 0.6) is 11.5 Å².